The van der Waals surface area contributed by atoms with E-state index >= 15 is 0 Å². The van der Waals surface area contributed by atoms with E-state index in [4.69, 9.17) is 18.9 Å². The number of amides is 1. The molecule has 38 heavy (non-hydrogen) atoms. The maximum Gasteiger partial charge on any atom is 0.338 e. The number of esters is 1. The fourth-order valence-electron chi connectivity index (χ4n) is 4.54. The first kappa shape index (κ1) is 24.9. The Balaban J connectivity index is 1.64. The molecule has 2 aliphatic rings. The molecule has 2 aliphatic heterocycles. The molecule has 1 fully saturated rings. The molecular formula is C29H25NO8. The summed E-state index contributed by atoms with van der Waals surface area (Å²) < 4.78 is 21.6. The second kappa shape index (κ2) is 10.3. The molecule has 9 nitrogen and oxygen atoms in total. The fourth-order valence-corrected chi connectivity index (χ4v) is 4.54. The van der Waals surface area contributed by atoms with Crippen LogP contribution in [0, 0.1) is 0 Å². The van der Waals surface area contributed by atoms with Crippen molar-refractivity contribution in [1.29, 1.82) is 0 Å². The van der Waals surface area contributed by atoms with Gasteiger partial charge in [0.1, 0.15) is 24.7 Å². The number of nitrogens with zero attached hydrogens (tertiary/aromatic N) is 1. The zero-order valence-electron chi connectivity index (χ0n) is 20.8. The molecule has 2 heterocycles. The Morgan fingerprint density at radius 2 is 1.68 bits per heavy atom. The van der Waals surface area contributed by atoms with Gasteiger partial charge in [-0.25, -0.2) is 4.79 Å². The standard InChI is InChI=1S/C29H25NO8/c1-3-36-29(34)17-7-10-20(11-8-17)30-25(18-5-4-6-21(15-18)35-2)24(27(32)28(30)33)26(31)19-9-12-22-23(16-19)38-14-13-37-22/h4-12,15-16,25,31H,3,13-14H2,1-2H3/b26-24-. The van der Waals surface area contributed by atoms with Gasteiger partial charge >= 0.3 is 5.97 Å². The lowest BCUT2D eigenvalue weighted by molar-refractivity contribution is -0.132. The van der Waals surface area contributed by atoms with Crippen LogP contribution in [0.1, 0.15) is 34.5 Å². The number of hydrogen-bond acceptors (Lipinski definition) is 8. The third-order valence-corrected chi connectivity index (χ3v) is 6.33. The lowest BCUT2D eigenvalue weighted by Crippen LogP contribution is -2.29. The van der Waals surface area contributed by atoms with Crippen LogP contribution in [-0.4, -0.2) is 49.7 Å². The minimum atomic E-state index is -0.966. The van der Waals surface area contributed by atoms with Gasteiger partial charge < -0.3 is 24.1 Å². The number of aliphatic hydroxyl groups excluding tert-OH is 1. The zero-order chi connectivity index (χ0) is 26.8. The van der Waals surface area contributed by atoms with Gasteiger partial charge in [-0.15, -0.1) is 0 Å². The summed E-state index contributed by atoms with van der Waals surface area (Å²) in [7, 11) is 1.51. The quantitative estimate of drug-likeness (QED) is 0.224. The van der Waals surface area contributed by atoms with Crippen molar-refractivity contribution in [1.82, 2.24) is 0 Å². The maximum atomic E-state index is 13.4. The van der Waals surface area contributed by atoms with Crippen molar-refractivity contribution in [3.05, 3.63) is 89.0 Å². The number of ketones is 1. The van der Waals surface area contributed by atoms with E-state index in [0.717, 1.165) is 0 Å². The van der Waals surface area contributed by atoms with E-state index < -0.39 is 23.7 Å². The normalized spacial score (nSPS) is 17.8. The SMILES string of the molecule is CCOC(=O)c1ccc(N2C(=O)C(=O)/C(=C(\O)c3ccc4c(c3)OCCO4)C2c2cccc(OC)c2)cc1. The van der Waals surface area contributed by atoms with Crippen molar-refractivity contribution < 1.29 is 38.4 Å². The third kappa shape index (κ3) is 4.43. The van der Waals surface area contributed by atoms with Gasteiger partial charge in [0, 0.05) is 11.3 Å². The maximum absolute atomic E-state index is 13.4. The van der Waals surface area contributed by atoms with E-state index in [0.29, 0.717) is 52.8 Å². The van der Waals surface area contributed by atoms with Gasteiger partial charge in [-0.05, 0) is 67.1 Å². The van der Waals surface area contributed by atoms with Crippen LogP contribution >= 0.6 is 0 Å². The van der Waals surface area contributed by atoms with Crippen molar-refractivity contribution >= 4 is 29.1 Å². The number of carbonyl (C=O) groups is 3. The summed E-state index contributed by atoms with van der Waals surface area (Å²) in [6, 6.07) is 17.0. The number of aliphatic hydroxyl groups is 1. The average molecular weight is 516 g/mol. The second-order valence-corrected chi connectivity index (χ2v) is 8.57. The van der Waals surface area contributed by atoms with E-state index in [1.54, 1.807) is 61.5 Å². The Morgan fingerprint density at radius 1 is 0.974 bits per heavy atom. The summed E-state index contributed by atoms with van der Waals surface area (Å²) in [5, 5.41) is 11.4. The highest BCUT2D eigenvalue weighted by atomic mass is 16.6. The van der Waals surface area contributed by atoms with Gasteiger partial charge in [-0.2, -0.15) is 0 Å². The van der Waals surface area contributed by atoms with Gasteiger partial charge in [-0.3, -0.25) is 14.5 Å². The molecule has 9 heteroatoms. The van der Waals surface area contributed by atoms with Gasteiger partial charge in [0.05, 0.1) is 30.9 Å². The van der Waals surface area contributed by atoms with Crippen LogP contribution in [0.2, 0.25) is 0 Å². The molecule has 0 radical (unpaired) electrons. The van der Waals surface area contributed by atoms with Crippen LogP contribution in [0.25, 0.3) is 5.76 Å². The number of methoxy groups -OCH3 is 1. The number of fused-ring (bicyclic) bond motifs is 1. The van der Waals surface area contributed by atoms with Crippen LogP contribution in [0.5, 0.6) is 17.2 Å². The molecule has 1 amide bonds. The zero-order valence-corrected chi connectivity index (χ0v) is 20.8. The molecule has 1 N–H and O–H groups in total. The molecule has 0 aromatic heterocycles. The number of Topliss-reactive ketones (excluding diaryl/α,β-unsaturated/α-hetero) is 1. The molecule has 0 aliphatic carbocycles. The minimum Gasteiger partial charge on any atom is -0.507 e. The molecule has 3 aromatic rings. The summed E-state index contributed by atoms with van der Waals surface area (Å²) in [6.07, 6.45) is 0. The first-order valence-electron chi connectivity index (χ1n) is 12.0. The molecular weight excluding hydrogens is 490 g/mol. The van der Waals surface area contributed by atoms with Gasteiger partial charge in [0.15, 0.2) is 11.5 Å². The van der Waals surface area contributed by atoms with Crippen molar-refractivity contribution in [2.45, 2.75) is 13.0 Å². The lowest BCUT2D eigenvalue weighted by Gasteiger charge is -2.26. The Bertz CT molecular complexity index is 1440. The number of rotatable bonds is 6. The molecule has 5 rings (SSSR count). The molecule has 1 unspecified atom stereocenters. The number of anilines is 1. The summed E-state index contributed by atoms with van der Waals surface area (Å²) in [6.45, 7) is 2.70. The second-order valence-electron chi connectivity index (χ2n) is 8.57. The van der Waals surface area contributed by atoms with Gasteiger partial charge in [-0.1, -0.05) is 12.1 Å². The molecule has 1 saturated heterocycles. The predicted molar refractivity (Wildman–Crippen MR) is 138 cm³/mol. The third-order valence-electron chi connectivity index (χ3n) is 6.33. The summed E-state index contributed by atoms with van der Waals surface area (Å²) in [4.78, 5) is 40.2. The molecule has 3 aromatic carbocycles. The lowest BCUT2D eigenvalue weighted by atomic mass is 9.94. The van der Waals surface area contributed by atoms with Crippen molar-refractivity contribution in [2.75, 3.05) is 31.8 Å². The number of hydrogen-bond donors (Lipinski definition) is 1. The highest BCUT2D eigenvalue weighted by molar-refractivity contribution is 6.51. The smallest absolute Gasteiger partial charge is 0.338 e. The van der Waals surface area contributed by atoms with E-state index in [2.05, 4.69) is 0 Å². The van der Waals surface area contributed by atoms with Crippen molar-refractivity contribution in [3.63, 3.8) is 0 Å². The molecule has 0 spiro atoms. The highest BCUT2D eigenvalue weighted by Crippen LogP contribution is 2.43. The Morgan fingerprint density at radius 3 is 2.39 bits per heavy atom. The van der Waals surface area contributed by atoms with Crippen LogP contribution < -0.4 is 19.1 Å². The highest BCUT2D eigenvalue weighted by Gasteiger charge is 2.47. The molecule has 0 bridgehead atoms. The number of benzene rings is 3. The van der Waals surface area contributed by atoms with Crippen molar-refractivity contribution in [2.24, 2.45) is 0 Å². The Hall–Kier alpha value is -4.79. The van der Waals surface area contributed by atoms with E-state index in [-0.39, 0.29) is 17.9 Å². The molecule has 0 saturated carbocycles. The predicted octanol–water partition coefficient (Wildman–Crippen LogP) is 4.27. The summed E-state index contributed by atoms with van der Waals surface area (Å²) >= 11 is 0. The van der Waals surface area contributed by atoms with Crippen molar-refractivity contribution in [3.8, 4) is 17.2 Å². The molecule has 1 atom stereocenters. The summed E-state index contributed by atoms with van der Waals surface area (Å²) in [5.74, 6) is -1.03. The monoisotopic (exact) mass is 515 g/mol. The minimum absolute atomic E-state index is 0.0885. The largest absolute Gasteiger partial charge is 0.507 e. The fraction of sp³-hybridized carbons (Fsp3) is 0.207. The van der Waals surface area contributed by atoms with Gasteiger partial charge in [0.25, 0.3) is 11.7 Å². The van der Waals surface area contributed by atoms with E-state index in [1.165, 1.54) is 24.1 Å². The van der Waals surface area contributed by atoms with Crippen LogP contribution in [0.15, 0.2) is 72.3 Å². The number of ether oxygens (including phenoxy) is 4. The van der Waals surface area contributed by atoms with Gasteiger partial charge in [0.2, 0.25) is 0 Å². The van der Waals surface area contributed by atoms with E-state index in [9.17, 15) is 19.5 Å². The first-order valence-corrected chi connectivity index (χ1v) is 12.0. The summed E-state index contributed by atoms with van der Waals surface area (Å²) in [5.41, 5.74) is 1.44. The number of carbonyl (C=O) groups excluding carboxylic acids is 3. The van der Waals surface area contributed by atoms with Crippen LogP contribution in [-0.2, 0) is 14.3 Å². The first-order chi connectivity index (χ1) is 18.4. The topological polar surface area (TPSA) is 112 Å². The Kier molecular flexibility index (Phi) is 6.74. The Labute approximate surface area is 218 Å². The average Bonchev–Trinajstić information content (AvgIpc) is 3.22. The van der Waals surface area contributed by atoms with E-state index in [1.807, 2.05) is 0 Å². The van der Waals surface area contributed by atoms with Crippen LogP contribution in [0.4, 0.5) is 5.69 Å². The van der Waals surface area contributed by atoms with Crippen LogP contribution in [0.3, 0.4) is 0 Å². The molecule has 194 valence electrons.